The summed E-state index contributed by atoms with van der Waals surface area (Å²) < 4.78 is 0. The number of hydrogen-bond donors (Lipinski definition) is 1. The fraction of sp³-hybridized carbons (Fsp3) is 1.00. The summed E-state index contributed by atoms with van der Waals surface area (Å²) in [5.74, 6) is 5.21. The van der Waals surface area contributed by atoms with Gasteiger partial charge in [-0.1, -0.05) is 20.3 Å². The number of nitrogens with one attached hydrogen (secondary N) is 1. The average Bonchev–Trinajstić information content (AvgIpc) is 2.83. The van der Waals surface area contributed by atoms with Gasteiger partial charge in [0.2, 0.25) is 0 Å². The molecule has 0 spiro atoms. The minimum absolute atomic E-state index is 0.721. The summed E-state index contributed by atoms with van der Waals surface area (Å²) in [5.41, 5.74) is 0. The molecule has 1 nitrogen and oxygen atoms in total. The quantitative estimate of drug-likeness (QED) is 0.781. The Morgan fingerprint density at radius 2 is 1.76 bits per heavy atom. The Kier molecular flexibility index (Phi) is 3.23. The summed E-state index contributed by atoms with van der Waals surface area (Å²) in [6.07, 6.45) is 9.01. The average molecular weight is 235 g/mol. The van der Waals surface area contributed by atoms with Crippen molar-refractivity contribution in [1.82, 2.24) is 5.32 Å². The van der Waals surface area contributed by atoms with Crippen molar-refractivity contribution < 1.29 is 0 Å². The zero-order valence-corrected chi connectivity index (χ0v) is 11.8. The van der Waals surface area contributed by atoms with Crippen LogP contribution in [0.2, 0.25) is 0 Å². The smallest absolute Gasteiger partial charge is 0.0103 e. The Morgan fingerprint density at radius 3 is 2.53 bits per heavy atom. The van der Waals surface area contributed by atoms with Gasteiger partial charge in [-0.05, 0) is 68.6 Å². The van der Waals surface area contributed by atoms with E-state index in [4.69, 9.17) is 0 Å². The highest BCUT2D eigenvalue weighted by Crippen LogP contribution is 2.58. The molecule has 0 saturated heterocycles. The first-order chi connectivity index (χ1) is 8.15. The van der Waals surface area contributed by atoms with E-state index in [1.165, 1.54) is 19.3 Å². The molecule has 3 aliphatic rings. The third-order valence-corrected chi connectivity index (χ3v) is 5.75. The monoisotopic (exact) mass is 235 g/mol. The molecule has 3 rings (SSSR count). The van der Waals surface area contributed by atoms with Gasteiger partial charge in [0.1, 0.15) is 0 Å². The third kappa shape index (κ3) is 2.16. The second-order valence-corrected chi connectivity index (χ2v) is 7.46. The summed E-state index contributed by atoms with van der Waals surface area (Å²) in [5, 5.41) is 3.95. The SMILES string of the molecule is CC(C)CC(C)NC1CC2CC1C1CCCC21. The Bertz CT molecular complexity index is 273. The van der Waals surface area contributed by atoms with Crippen molar-refractivity contribution in [3.63, 3.8) is 0 Å². The third-order valence-electron chi connectivity index (χ3n) is 5.75. The number of hydrogen-bond acceptors (Lipinski definition) is 1. The second kappa shape index (κ2) is 4.57. The van der Waals surface area contributed by atoms with E-state index in [1.807, 2.05) is 0 Å². The van der Waals surface area contributed by atoms with E-state index in [-0.39, 0.29) is 0 Å². The standard InChI is InChI=1S/C16H29N/c1-10(2)7-11(3)17-16-9-12-8-15(16)14-6-4-5-13(12)14/h10-17H,4-9H2,1-3H3. The number of rotatable bonds is 4. The molecule has 1 N–H and O–H groups in total. The van der Waals surface area contributed by atoms with Crippen LogP contribution in [-0.4, -0.2) is 12.1 Å². The van der Waals surface area contributed by atoms with E-state index >= 15 is 0 Å². The van der Waals surface area contributed by atoms with Crippen LogP contribution in [0.5, 0.6) is 0 Å². The van der Waals surface area contributed by atoms with Gasteiger partial charge in [-0.2, -0.15) is 0 Å². The van der Waals surface area contributed by atoms with Crippen molar-refractivity contribution >= 4 is 0 Å². The summed E-state index contributed by atoms with van der Waals surface area (Å²) >= 11 is 0. The Morgan fingerprint density at radius 1 is 1.00 bits per heavy atom. The lowest BCUT2D eigenvalue weighted by Gasteiger charge is -2.34. The molecule has 0 aliphatic heterocycles. The lowest BCUT2D eigenvalue weighted by atomic mass is 9.79. The van der Waals surface area contributed by atoms with E-state index in [0.717, 1.165) is 41.7 Å². The predicted molar refractivity (Wildman–Crippen MR) is 72.9 cm³/mol. The molecule has 6 atom stereocenters. The van der Waals surface area contributed by atoms with Crippen molar-refractivity contribution in [2.24, 2.45) is 29.6 Å². The maximum atomic E-state index is 3.95. The maximum Gasteiger partial charge on any atom is 0.0103 e. The van der Waals surface area contributed by atoms with Crippen molar-refractivity contribution in [3.05, 3.63) is 0 Å². The molecule has 6 unspecified atom stereocenters. The first-order valence-corrected chi connectivity index (χ1v) is 7.91. The molecule has 3 saturated carbocycles. The zero-order chi connectivity index (χ0) is 12.0. The molecule has 0 aromatic rings. The molecular weight excluding hydrogens is 206 g/mol. The van der Waals surface area contributed by atoms with Crippen LogP contribution < -0.4 is 5.32 Å². The molecule has 3 fully saturated rings. The fourth-order valence-electron chi connectivity index (χ4n) is 5.40. The van der Waals surface area contributed by atoms with Crippen LogP contribution in [-0.2, 0) is 0 Å². The van der Waals surface area contributed by atoms with Gasteiger partial charge in [0, 0.05) is 12.1 Å². The van der Waals surface area contributed by atoms with E-state index in [1.54, 1.807) is 19.3 Å². The first kappa shape index (κ1) is 12.0. The summed E-state index contributed by atoms with van der Waals surface area (Å²) in [6.45, 7) is 7.07. The Labute approximate surface area is 107 Å². The van der Waals surface area contributed by atoms with Crippen LogP contribution in [0.1, 0.15) is 59.3 Å². The highest BCUT2D eigenvalue weighted by atomic mass is 15.0. The molecule has 0 aromatic carbocycles. The van der Waals surface area contributed by atoms with Crippen molar-refractivity contribution in [1.29, 1.82) is 0 Å². The molecule has 17 heavy (non-hydrogen) atoms. The first-order valence-electron chi connectivity index (χ1n) is 7.91. The summed E-state index contributed by atoms with van der Waals surface area (Å²) in [4.78, 5) is 0. The molecule has 3 aliphatic carbocycles. The van der Waals surface area contributed by atoms with Crippen LogP contribution in [0, 0.1) is 29.6 Å². The largest absolute Gasteiger partial charge is 0.311 e. The molecule has 0 aromatic heterocycles. The van der Waals surface area contributed by atoms with Gasteiger partial charge in [-0.3, -0.25) is 0 Å². The summed E-state index contributed by atoms with van der Waals surface area (Å²) in [7, 11) is 0. The summed E-state index contributed by atoms with van der Waals surface area (Å²) in [6, 6.07) is 1.59. The van der Waals surface area contributed by atoms with Crippen molar-refractivity contribution in [2.45, 2.75) is 71.4 Å². The normalized spacial score (nSPS) is 45.5. The van der Waals surface area contributed by atoms with Gasteiger partial charge >= 0.3 is 0 Å². The topological polar surface area (TPSA) is 12.0 Å². The van der Waals surface area contributed by atoms with Crippen LogP contribution in [0.15, 0.2) is 0 Å². The highest BCUT2D eigenvalue weighted by Gasteiger charge is 2.53. The fourth-order valence-corrected chi connectivity index (χ4v) is 5.40. The van der Waals surface area contributed by atoms with Gasteiger partial charge in [0.15, 0.2) is 0 Å². The van der Waals surface area contributed by atoms with Crippen LogP contribution in [0.4, 0.5) is 0 Å². The van der Waals surface area contributed by atoms with E-state index in [0.29, 0.717) is 0 Å². The van der Waals surface area contributed by atoms with Crippen molar-refractivity contribution in [2.75, 3.05) is 0 Å². The highest BCUT2D eigenvalue weighted by molar-refractivity contribution is 5.05. The second-order valence-electron chi connectivity index (χ2n) is 7.46. The van der Waals surface area contributed by atoms with Gasteiger partial charge in [-0.15, -0.1) is 0 Å². The van der Waals surface area contributed by atoms with E-state index < -0.39 is 0 Å². The molecule has 2 bridgehead atoms. The molecular formula is C16H29N. The predicted octanol–water partition coefficient (Wildman–Crippen LogP) is 3.84. The van der Waals surface area contributed by atoms with Gasteiger partial charge < -0.3 is 5.32 Å². The molecule has 0 heterocycles. The van der Waals surface area contributed by atoms with Crippen molar-refractivity contribution in [3.8, 4) is 0 Å². The van der Waals surface area contributed by atoms with E-state index in [2.05, 4.69) is 26.1 Å². The number of fused-ring (bicyclic) bond motifs is 5. The van der Waals surface area contributed by atoms with Crippen LogP contribution in [0.25, 0.3) is 0 Å². The van der Waals surface area contributed by atoms with Gasteiger partial charge in [-0.25, -0.2) is 0 Å². The zero-order valence-electron chi connectivity index (χ0n) is 11.8. The Balaban J connectivity index is 1.56. The lowest BCUT2D eigenvalue weighted by molar-refractivity contribution is 0.195. The minimum Gasteiger partial charge on any atom is -0.311 e. The maximum absolute atomic E-state index is 3.95. The molecule has 1 heteroatoms. The molecule has 0 radical (unpaired) electrons. The van der Waals surface area contributed by atoms with Crippen LogP contribution in [0.3, 0.4) is 0 Å². The van der Waals surface area contributed by atoms with Gasteiger partial charge in [0.25, 0.3) is 0 Å². The Hall–Kier alpha value is -0.0400. The van der Waals surface area contributed by atoms with Crippen LogP contribution >= 0.6 is 0 Å². The molecule has 98 valence electrons. The minimum atomic E-state index is 0.721. The van der Waals surface area contributed by atoms with E-state index in [9.17, 15) is 0 Å². The molecule has 0 amide bonds. The van der Waals surface area contributed by atoms with Gasteiger partial charge in [0.05, 0.1) is 0 Å². The lowest BCUT2D eigenvalue weighted by Crippen LogP contribution is -2.43.